The van der Waals surface area contributed by atoms with E-state index >= 15 is 0 Å². The number of aliphatic imine (C=N–C) groups is 1. The van der Waals surface area contributed by atoms with Crippen molar-refractivity contribution in [1.29, 1.82) is 0 Å². The van der Waals surface area contributed by atoms with Crippen LogP contribution in [-0.2, 0) is 5.67 Å². The van der Waals surface area contributed by atoms with Crippen molar-refractivity contribution in [3.05, 3.63) is 94.7 Å². The number of pyridine rings is 1. The van der Waals surface area contributed by atoms with E-state index in [4.69, 9.17) is 5.32 Å². The molecule has 1 aromatic carbocycles. The third kappa shape index (κ3) is 6.82. The van der Waals surface area contributed by atoms with Gasteiger partial charge in [-0.1, -0.05) is 60.6 Å². The van der Waals surface area contributed by atoms with Crippen LogP contribution < -0.4 is 51.4 Å². The summed E-state index contributed by atoms with van der Waals surface area (Å²) < 4.78 is 14.3. The minimum atomic E-state index is -1.36. The summed E-state index contributed by atoms with van der Waals surface area (Å²) in [5.41, 5.74) is 4.34. The van der Waals surface area contributed by atoms with E-state index in [1.54, 1.807) is 26.2 Å². The molecule has 1 aromatic heterocycles. The third-order valence-electron chi connectivity index (χ3n) is 4.83. The topological polar surface area (TPSA) is 39.4 Å². The van der Waals surface area contributed by atoms with E-state index in [2.05, 4.69) is 22.1 Å². The first kappa shape index (κ1) is 24.9. The fourth-order valence-electron chi connectivity index (χ4n) is 3.18. The summed E-state index contributed by atoms with van der Waals surface area (Å²) in [6.07, 6.45) is 11.4. The Bertz CT molecular complexity index is 997. The molecule has 0 amide bonds. The van der Waals surface area contributed by atoms with Gasteiger partial charge in [-0.3, -0.25) is 4.99 Å². The predicted octanol–water partition coefficient (Wildman–Crippen LogP) is 4.40. The van der Waals surface area contributed by atoms with Gasteiger partial charge in [-0.15, -0.1) is 0 Å². The van der Waals surface area contributed by atoms with Crippen molar-refractivity contribution < 1.29 is 55.8 Å². The molecule has 0 atom stereocenters. The van der Waals surface area contributed by atoms with Gasteiger partial charge < -0.3 is 10.3 Å². The molecule has 0 N–H and O–H groups in total. The largest absolute Gasteiger partial charge is 1.00 e. The zero-order chi connectivity index (χ0) is 20.9. The van der Waals surface area contributed by atoms with Crippen LogP contribution in [0.5, 0.6) is 0 Å². The Labute approximate surface area is 221 Å². The molecule has 0 aliphatic heterocycles. The average molecular weight is 428 g/mol. The van der Waals surface area contributed by atoms with Gasteiger partial charge in [-0.2, -0.15) is 0 Å². The molecular formula is C25H27FKN3. The molecule has 0 spiro atoms. The third-order valence-corrected chi connectivity index (χ3v) is 4.83. The van der Waals surface area contributed by atoms with Crippen LogP contribution in [0.15, 0.2) is 77.7 Å². The average Bonchev–Trinajstić information content (AvgIpc) is 2.72. The Morgan fingerprint density at radius 2 is 2.03 bits per heavy atom. The van der Waals surface area contributed by atoms with E-state index < -0.39 is 5.67 Å². The molecule has 0 saturated heterocycles. The van der Waals surface area contributed by atoms with Crippen LogP contribution in [-0.4, -0.2) is 10.7 Å². The van der Waals surface area contributed by atoms with Crippen LogP contribution >= 0.6 is 0 Å². The quantitative estimate of drug-likeness (QED) is 0.497. The maximum atomic E-state index is 14.3. The molecule has 30 heavy (non-hydrogen) atoms. The Balaban J connectivity index is 0.00000320. The van der Waals surface area contributed by atoms with Gasteiger partial charge in [0.25, 0.3) is 0 Å². The van der Waals surface area contributed by atoms with E-state index in [1.807, 2.05) is 56.3 Å². The number of aromatic nitrogens is 1. The van der Waals surface area contributed by atoms with Crippen molar-refractivity contribution in [3.8, 4) is 0 Å². The summed E-state index contributed by atoms with van der Waals surface area (Å²) in [6, 6.07) is 11.6. The normalized spacial score (nSPS) is 14.8. The number of nitrogens with zero attached hydrogens (tertiary/aromatic N) is 3. The van der Waals surface area contributed by atoms with Gasteiger partial charge in [-0.25, -0.2) is 4.39 Å². The van der Waals surface area contributed by atoms with Crippen molar-refractivity contribution in [2.24, 2.45) is 4.99 Å². The smallest absolute Gasteiger partial charge is 0.443 e. The van der Waals surface area contributed by atoms with Crippen LogP contribution in [0.3, 0.4) is 0 Å². The molecule has 0 bridgehead atoms. The second kappa shape index (κ2) is 11.3. The monoisotopic (exact) mass is 427 g/mol. The molecule has 150 valence electrons. The Morgan fingerprint density at radius 1 is 1.23 bits per heavy atom. The van der Waals surface area contributed by atoms with E-state index in [9.17, 15) is 4.39 Å². The fourth-order valence-corrected chi connectivity index (χ4v) is 3.18. The summed E-state index contributed by atoms with van der Waals surface area (Å²) in [4.78, 5) is 8.77. The van der Waals surface area contributed by atoms with Gasteiger partial charge in [0.15, 0.2) is 0 Å². The molecule has 2 aromatic rings. The number of hydrogen-bond donors (Lipinski definition) is 0. The second-order valence-electron chi connectivity index (χ2n) is 7.60. The predicted molar refractivity (Wildman–Crippen MR) is 120 cm³/mol. The van der Waals surface area contributed by atoms with Crippen LogP contribution in [0, 0.1) is 0 Å². The minimum absolute atomic E-state index is 0. The molecule has 0 unspecified atom stereocenters. The van der Waals surface area contributed by atoms with Crippen molar-refractivity contribution in [1.82, 2.24) is 4.98 Å². The van der Waals surface area contributed by atoms with Gasteiger partial charge in [0.05, 0.1) is 0 Å². The Hall–Kier alpha value is -1.37. The number of halogens is 1. The molecule has 1 aliphatic rings. The van der Waals surface area contributed by atoms with Crippen LogP contribution in [0.25, 0.3) is 10.9 Å². The molecule has 3 nitrogen and oxygen atoms in total. The van der Waals surface area contributed by atoms with Gasteiger partial charge in [0.2, 0.25) is 0 Å². The molecule has 3 rings (SSSR count). The molecule has 1 aliphatic carbocycles. The standard InChI is InChI=1S/C25H27FN3.K/c1-5-13-27-18(2)19-12-14-28-24(17-19)29-23-11-7-9-21(16-23)20-8-6-10-22(15-20)25(3,4)26;/h5-6,8,10-17H,7,9H2,1-4H3;/q-1;+1/b13-5-,27-18?;. The summed E-state index contributed by atoms with van der Waals surface area (Å²) >= 11 is 0. The number of rotatable bonds is 6. The van der Waals surface area contributed by atoms with Crippen LogP contribution in [0.1, 0.15) is 57.2 Å². The van der Waals surface area contributed by atoms with Crippen molar-refractivity contribution in [3.63, 3.8) is 0 Å². The van der Waals surface area contributed by atoms with Crippen molar-refractivity contribution >= 4 is 17.1 Å². The van der Waals surface area contributed by atoms with Crippen LogP contribution in [0.4, 0.5) is 10.2 Å². The van der Waals surface area contributed by atoms with Gasteiger partial charge in [0, 0.05) is 11.9 Å². The fraction of sp³-hybridized carbons (Fsp3) is 0.280. The van der Waals surface area contributed by atoms with E-state index in [-0.39, 0.29) is 51.4 Å². The summed E-state index contributed by atoms with van der Waals surface area (Å²) in [5.74, 6) is 0.653. The summed E-state index contributed by atoms with van der Waals surface area (Å²) in [7, 11) is 0. The first-order valence-corrected chi connectivity index (χ1v) is 9.91. The summed E-state index contributed by atoms with van der Waals surface area (Å²) in [5, 5.41) is 4.71. The van der Waals surface area contributed by atoms with Crippen molar-refractivity contribution in [2.75, 3.05) is 0 Å². The van der Waals surface area contributed by atoms with E-state index in [0.29, 0.717) is 11.4 Å². The minimum Gasteiger partial charge on any atom is -0.443 e. The number of benzene rings is 1. The number of hydrogen-bond acceptors (Lipinski definition) is 2. The number of alkyl halides is 1. The number of allylic oxidation sites excluding steroid dienone is 4. The molecule has 0 saturated carbocycles. The second-order valence-corrected chi connectivity index (χ2v) is 7.60. The first-order valence-electron chi connectivity index (χ1n) is 9.91. The molecule has 1 heterocycles. The molecular weight excluding hydrogens is 400 g/mol. The van der Waals surface area contributed by atoms with Crippen LogP contribution in [0.2, 0.25) is 0 Å². The van der Waals surface area contributed by atoms with Gasteiger partial charge in [-0.05, 0) is 74.6 Å². The molecule has 0 radical (unpaired) electrons. The van der Waals surface area contributed by atoms with Gasteiger partial charge in [0.1, 0.15) is 5.67 Å². The maximum Gasteiger partial charge on any atom is 1.00 e. The van der Waals surface area contributed by atoms with E-state index in [0.717, 1.165) is 35.4 Å². The Kier molecular flexibility index (Phi) is 9.38. The zero-order valence-electron chi connectivity index (χ0n) is 18.5. The SMILES string of the molecule is C/C=C\N=C(C)c1ccnc([N-]C2=CCCC(c3cccc(C(C)(C)F)c3)=C2)c1.[K+]. The maximum absolute atomic E-state index is 14.3. The Morgan fingerprint density at radius 3 is 2.77 bits per heavy atom. The van der Waals surface area contributed by atoms with E-state index in [1.165, 1.54) is 5.57 Å². The van der Waals surface area contributed by atoms with Crippen molar-refractivity contribution in [2.45, 2.75) is 46.2 Å². The molecule has 0 fully saturated rings. The summed E-state index contributed by atoms with van der Waals surface area (Å²) in [6.45, 7) is 7.08. The molecule has 5 heteroatoms. The first-order chi connectivity index (χ1) is 13.9. The van der Waals surface area contributed by atoms with Gasteiger partial charge >= 0.3 is 51.4 Å². The zero-order valence-corrected chi connectivity index (χ0v) is 21.6.